The number of thiophene rings is 1. The fourth-order valence-electron chi connectivity index (χ4n) is 2.76. The molecule has 0 aliphatic carbocycles. The number of aromatic nitrogens is 2. The van der Waals surface area contributed by atoms with E-state index >= 15 is 0 Å². The van der Waals surface area contributed by atoms with Crippen molar-refractivity contribution in [3.63, 3.8) is 0 Å². The second-order valence-electron chi connectivity index (χ2n) is 5.95. The minimum atomic E-state index is -0.589. The van der Waals surface area contributed by atoms with E-state index in [2.05, 4.69) is 6.92 Å². The smallest absolute Gasteiger partial charge is 0.262 e. The number of hydrogen-bond acceptors (Lipinski definition) is 5. The molecule has 2 aromatic heterocycles. The lowest BCUT2D eigenvalue weighted by molar-refractivity contribution is -0.117. The monoisotopic (exact) mass is 387 g/mol. The quantitative estimate of drug-likeness (QED) is 0.495. The molecule has 3 aromatic rings. The molecule has 1 amide bonds. The number of carbonyl (C=O) groups is 1. The number of amides is 1. The Hall–Kier alpha value is -2.12. The van der Waals surface area contributed by atoms with Gasteiger partial charge in [-0.3, -0.25) is 14.2 Å². The zero-order chi connectivity index (χ0) is 18.7. The predicted molar refractivity (Wildman–Crippen MR) is 108 cm³/mol. The normalized spacial score (nSPS) is 12.4. The molecule has 0 fully saturated rings. The second-order valence-corrected chi connectivity index (χ2v) is 8.13. The number of rotatable bonds is 7. The van der Waals surface area contributed by atoms with Crippen LogP contribution in [0.5, 0.6) is 0 Å². The summed E-state index contributed by atoms with van der Waals surface area (Å²) in [5.41, 5.74) is 6.40. The molecule has 0 unspecified atom stereocenters. The molecule has 2 N–H and O–H groups in total. The maximum atomic E-state index is 13.0. The summed E-state index contributed by atoms with van der Waals surface area (Å²) >= 11 is 2.78. The predicted octanol–water partition coefficient (Wildman–Crippen LogP) is 3.75. The molecule has 0 radical (unpaired) electrons. The van der Waals surface area contributed by atoms with Crippen molar-refractivity contribution in [1.29, 1.82) is 0 Å². The number of primary amides is 1. The fraction of sp³-hybridized carbons (Fsp3) is 0.316. The molecule has 0 spiro atoms. The number of benzene rings is 1. The van der Waals surface area contributed by atoms with E-state index in [1.807, 2.05) is 43.3 Å². The number of nitrogens with zero attached hydrogens (tertiary/aromatic N) is 2. The van der Waals surface area contributed by atoms with Gasteiger partial charge in [0.2, 0.25) is 5.91 Å². The van der Waals surface area contributed by atoms with Crippen molar-refractivity contribution in [2.24, 2.45) is 5.73 Å². The van der Waals surface area contributed by atoms with Crippen molar-refractivity contribution in [3.8, 4) is 0 Å². The number of aryl methyl sites for hydroxylation is 1. The molecular formula is C19H21N3O2S2. The molecule has 7 heteroatoms. The van der Waals surface area contributed by atoms with Crippen LogP contribution in [0.25, 0.3) is 10.2 Å². The van der Waals surface area contributed by atoms with Crippen molar-refractivity contribution in [2.45, 2.75) is 43.6 Å². The molecule has 3 rings (SSSR count). The summed E-state index contributed by atoms with van der Waals surface area (Å²) in [5, 5.41) is 0.607. The van der Waals surface area contributed by atoms with Crippen LogP contribution in [0.2, 0.25) is 0 Å². The Morgan fingerprint density at radius 1 is 1.31 bits per heavy atom. The molecule has 0 aliphatic rings. The first kappa shape index (κ1) is 18.7. The minimum absolute atomic E-state index is 0.0495. The van der Waals surface area contributed by atoms with Crippen LogP contribution < -0.4 is 11.3 Å². The zero-order valence-corrected chi connectivity index (χ0v) is 16.4. The largest absolute Gasteiger partial charge is 0.368 e. The molecule has 0 saturated heterocycles. The molecule has 0 aliphatic heterocycles. The Kier molecular flexibility index (Phi) is 5.78. The number of fused-ring (bicyclic) bond motifs is 1. The summed E-state index contributed by atoms with van der Waals surface area (Å²) in [5.74, 6) is -0.445. The standard InChI is InChI=1S/C19H21N3O2S2/c1-3-10-22-18(24)14-11-13(4-2)25-17(14)21-19(22)26-15(16(20)23)12-8-6-5-7-9-12/h5-9,11,15H,3-4,10H2,1-2H3,(H2,20,23)/t15-/m0/s1. The van der Waals surface area contributed by atoms with Gasteiger partial charge in [-0.15, -0.1) is 11.3 Å². The summed E-state index contributed by atoms with van der Waals surface area (Å²) < 4.78 is 1.66. The molecule has 136 valence electrons. The molecule has 0 bridgehead atoms. The summed E-state index contributed by atoms with van der Waals surface area (Å²) in [6, 6.07) is 11.3. The van der Waals surface area contributed by atoms with Gasteiger partial charge in [-0.2, -0.15) is 0 Å². The Morgan fingerprint density at radius 3 is 2.65 bits per heavy atom. The maximum Gasteiger partial charge on any atom is 0.262 e. The fourth-order valence-corrected chi connectivity index (χ4v) is 4.84. The number of nitrogens with two attached hydrogens (primary N) is 1. The van der Waals surface area contributed by atoms with Crippen LogP contribution >= 0.6 is 23.1 Å². The van der Waals surface area contributed by atoms with Gasteiger partial charge >= 0.3 is 0 Å². The van der Waals surface area contributed by atoms with Gasteiger partial charge in [-0.05, 0) is 24.5 Å². The first-order valence-corrected chi connectivity index (χ1v) is 10.3. The van der Waals surface area contributed by atoms with Crippen LogP contribution in [-0.2, 0) is 17.8 Å². The van der Waals surface area contributed by atoms with Gasteiger partial charge in [-0.25, -0.2) is 4.98 Å². The average Bonchev–Trinajstić information content (AvgIpc) is 3.06. The van der Waals surface area contributed by atoms with E-state index in [9.17, 15) is 9.59 Å². The maximum absolute atomic E-state index is 13.0. The summed E-state index contributed by atoms with van der Waals surface area (Å²) in [4.78, 5) is 31.6. The molecule has 5 nitrogen and oxygen atoms in total. The van der Waals surface area contributed by atoms with Gasteiger partial charge in [0.15, 0.2) is 5.16 Å². The third-order valence-electron chi connectivity index (χ3n) is 4.05. The van der Waals surface area contributed by atoms with E-state index in [1.165, 1.54) is 23.1 Å². The summed E-state index contributed by atoms with van der Waals surface area (Å²) in [7, 11) is 0. The molecule has 1 aromatic carbocycles. The third kappa shape index (κ3) is 3.68. The molecule has 2 heterocycles. The van der Waals surface area contributed by atoms with Crippen LogP contribution in [0, 0.1) is 0 Å². The van der Waals surface area contributed by atoms with Crippen LogP contribution in [0.4, 0.5) is 0 Å². The van der Waals surface area contributed by atoms with Crippen molar-refractivity contribution in [1.82, 2.24) is 9.55 Å². The SMILES string of the molecule is CCCn1c(S[C@H](C(N)=O)c2ccccc2)nc2sc(CC)cc2c1=O. The van der Waals surface area contributed by atoms with E-state index in [0.29, 0.717) is 17.1 Å². The van der Waals surface area contributed by atoms with Crippen molar-refractivity contribution < 1.29 is 4.79 Å². The van der Waals surface area contributed by atoms with Gasteiger partial charge in [0, 0.05) is 11.4 Å². The van der Waals surface area contributed by atoms with Crippen LogP contribution in [0.1, 0.15) is 36.0 Å². The van der Waals surface area contributed by atoms with Gasteiger partial charge in [0.05, 0.1) is 5.39 Å². The average molecular weight is 388 g/mol. The van der Waals surface area contributed by atoms with E-state index in [-0.39, 0.29) is 5.56 Å². The first-order valence-electron chi connectivity index (χ1n) is 8.59. The van der Waals surface area contributed by atoms with E-state index in [4.69, 9.17) is 10.7 Å². The Labute approximate surface area is 160 Å². The summed E-state index contributed by atoms with van der Waals surface area (Å²) in [6.07, 6.45) is 1.67. The first-order chi connectivity index (χ1) is 12.5. The highest BCUT2D eigenvalue weighted by molar-refractivity contribution is 8.00. The van der Waals surface area contributed by atoms with Crippen LogP contribution in [0.3, 0.4) is 0 Å². The highest BCUT2D eigenvalue weighted by Gasteiger charge is 2.23. The van der Waals surface area contributed by atoms with Crippen molar-refractivity contribution in [3.05, 3.63) is 57.2 Å². The number of hydrogen-bond donors (Lipinski definition) is 1. The van der Waals surface area contributed by atoms with Gasteiger partial charge in [0.1, 0.15) is 10.1 Å². The Bertz CT molecular complexity index is 980. The highest BCUT2D eigenvalue weighted by atomic mass is 32.2. The lowest BCUT2D eigenvalue weighted by Crippen LogP contribution is -2.25. The van der Waals surface area contributed by atoms with Crippen molar-refractivity contribution in [2.75, 3.05) is 0 Å². The van der Waals surface area contributed by atoms with E-state index < -0.39 is 11.2 Å². The lowest BCUT2D eigenvalue weighted by atomic mass is 10.1. The zero-order valence-electron chi connectivity index (χ0n) is 14.8. The third-order valence-corrected chi connectivity index (χ3v) is 6.48. The number of thioether (sulfide) groups is 1. The second kappa shape index (κ2) is 8.05. The molecule has 1 atom stereocenters. The topological polar surface area (TPSA) is 78.0 Å². The van der Waals surface area contributed by atoms with E-state index in [0.717, 1.165) is 28.1 Å². The molecule has 26 heavy (non-hydrogen) atoms. The molecule has 0 saturated carbocycles. The Morgan fingerprint density at radius 2 is 2.04 bits per heavy atom. The van der Waals surface area contributed by atoms with Gasteiger partial charge < -0.3 is 5.73 Å². The Balaban J connectivity index is 2.11. The van der Waals surface area contributed by atoms with Gasteiger partial charge in [0.25, 0.3) is 5.56 Å². The van der Waals surface area contributed by atoms with Crippen LogP contribution in [-0.4, -0.2) is 15.5 Å². The van der Waals surface area contributed by atoms with Crippen LogP contribution in [0.15, 0.2) is 46.3 Å². The lowest BCUT2D eigenvalue weighted by Gasteiger charge is -2.16. The highest BCUT2D eigenvalue weighted by Crippen LogP contribution is 2.35. The van der Waals surface area contributed by atoms with Crippen molar-refractivity contribution >= 4 is 39.2 Å². The number of carbonyl (C=O) groups excluding carboxylic acids is 1. The minimum Gasteiger partial charge on any atom is -0.368 e. The van der Waals surface area contributed by atoms with Gasteiger partial charge in [-0.1, -0.05) is 55.9 Å². The summed E-state index contributed by atoms with van der Waals surface area (Å²) in [6.45, 7) is 4.63. The van der Waals surface area contributed by atoms with E-state index in [1.54, 1.807) is 4.57 Å². The molecular weight excluding hydrogens is 366 g/mol.